The third-order valence-electron chi connectivity index (χ3n) is 2.61. The molecule has 4 heteroatoms. The number of hydrogen-bond donors (Lipinski definition) is 2. The first-order chi connectivity index (χ1) is 6.61. The summed E-state index contributed by atoms with van der Waals surface area (Å²) in [4.78, 5) is 10.9. The van der Waals surface area contributed by atoms with Crippen molar-refractivity contribution in [1.82, 2.24) is 0 Å². The molecule has 1 aliphatic rings. The number of rotatable bonds is 1. The molecule has 1 aromatic carbocycles. The largest absolute Gasteiger partial charge is 0.478 e. The molecule has 0 saturated heterocycles. The molecule has 0 bridgehead atoms. The van der Waals surface area contributed by atoms with E-state index >= 15 is 0 Å². The van der Waals surface area contributed by atoms with Crippen LogP contribution in [0.4, 0.5) is 0 Å². The lowest BCUT2D eigenvalue weighted by molar-refractivity contribution is 0.0696. The summed E-state index contributed by atoms with van der Waals surface area (Å²) in [5.74, 6) is -0.855. The molecule has 0 fully saturated rings. The molecule has 1 aromatic rings. The fourth-order valence-corrected chi connectivity index (χ4v) is 2.86. The monoisotopic (exact) mass is 303 g/mol. The molecule has 0 heterocycles. The van der Waals surface area contributed by atoms with Crippen LogP contribution < -0.4 is 5.73 Å². The molecule has 0 saturated carbocycles. The Morgan fingerprint density at radius 2 is 2.29 bits per heavy atom. The lowest BCUT2D eigenvalue weighted by atomic mass is 10.0. The molecular formula is C10H10INO2. The average Bonchev–Trinajstić information content (AvgIpc) is 2.49. The van der Waals surface area contributed by atoms with Crippen molar-refractivity contribution in [2.45, 2.75) is 18.9 Å². The number of nitrogens with two attached hydrogens (primary N) is 1. The summed E-state index contributed by atoms with van der Waals surface area (Å²) in [6.07, 6.45) is 1.64. The molecular weight excluding hydrogens is 293 g/mol. The first-order valence-corrected chi connectivity index (χ1v) is 5.49. The Bertz CT molecular complexity index is 403. The molecule has 0 radical (unpaired) electrons. The van der Waals surface area contributed by atoms with Gasteiger partial charge in [0.25, 0.3) is 0 Å². The van der Waals surface area contributed by atoms with E-state index in [0.717, 1.165) is 27.5 Å². The van der Waals surface area contributed by atoms with Crippen LogP contribution in [0.1, 0.15) is 33.9 Å². The fourth-order valence-electron chi connectivity index (χ4n) is 1.95. The number of halogens is 1. The van der Waals surface area contributed by atoms with Crippen LogP contribution in [0.15, 0.2) is 12.1 Å². The second-order valence-corrected chi connectivity index (χ2v) is 4.60. The van der Waals surface area contributed by atoms with E-state index in [1.807, 2.05) is 6.07 Å². The highest BCUT2D eigenvalue weighted by molar-refractivity contribution is 14.1. The standard InChI is InChI=1S/C10H10INO2/c11-7-3-1-6(10(13)14)5-2-4-8(12)9(5)7/h1,3,8H,2,4,12H2,(H,13,14)/t8-/m1/s1. The molecule has 1 aliphatic carbocycles. The van der Waals surface area contributed by atoms with E-state index in [1.54, 1.807) is 6.07 Å². The number of aromatic carboxylic acids is 1. The predicted molar refractivity (Wildman–Crippen MR) is 61.4 cm³/mol. The topological polar surface area (TPSA) is 63.3 Å². The molecule has 3 N–H and O–H groups in total. The third kappa shape index (κ3) is 1.42. The highest BCUT2D eigenvalue weighted by Gasteiger charge is 2.26. The summed E-state index contributed by atoms with van der Waals surface area (Å²) in [5, 5.41) is 8.98. The van der Waals surface area contributed by atoms with Crippen LogP contribution in [0, 0.1) is 3.57 Å². The van der Waals surface area contributed by atoms with Crippen molar-refractivity contribution in [3.05, 3.63) is 32.4 Å². The normalized spacial score (nSPS) is 19.4. The number of hydrogen-bond acceptors (Lipinski definition) is 2. The molecule has 3 nitrogen and oxygen atoms in total. The van der Waals surface area contributed by atoms with E-state index in [4.69, 9.17) is 10.8 Å². The molecule has 0 spiro atoms. The first-order valence-electron chi connectivity index (χ1n) is 4.41. The van der Waals surface area contributed by atoms with Gasteiger partial charge in [-0.2, -0.15) is 0 Å². The van der Waals surface area contributed by atoms with Gasteiger partial charge in [-0.3, -0.25) is 0 Å². The van der Waals surface area contributed by atoms with Crippen LogP contribution in [0.2, 0.25) is 0 Å². The molecule has 0 unspecified atom stereocenters. The van der Waals surface area contributed by atoms with E-state index in [0.29, 0.717) is 5.56 Å². The smallest absolute Gasteiger partial charge is 0.335 e. The molecule has 74 valence electrons. The molecule has 2 rings (SSSR count). The van der Waals surface area contributed by atoms with E-state index in [-0.39, 0.29) is 6.04 Å². The lowest BCUT2D eigenvalue weighted by Crippen LogP contribution is -2.09. The van der Waals surface area contributed by atoms with Gasteiger partial charge in [0, 0.05) is 9.61 Å². The minimum atomic E-state index is -0.855. The third-order valence-corrected chi connectivity index (χ3v) is 3.55. The van der Waals surface area contributed by atoms with E-state index < -0.39 is 5.97 Å². The van der Waals surface area contributed by atoms with Crippen LogP contribution >= 0.6 is 22.6 Å². The van der Waals surface area contributed by atoms with Gasteiger partial charge in [0.15, 0.2) is 0 Å². The number of benzene rings is 1. The Morgan fingerprint density at radius 3 is 2.93 bits per heavy atom. The van der Waals surface area contributed by atoms with E-state index in [9.17, 15) is 4.79 Å². The summed E-state index contributed by atoms with van der Waals surface area (Å²) >= 11 is 2.21. The van der Waals surface area contributed by atoms with Crippen molar-refractivity contribution in [3.8, 4) is 0 Å². The minimum Gasteiger partial charge on any atom is -0.478 e. The van der Waals surface area contributed by atoms with E-state index in [1.165, 1.54) is 0 Å². The van der Waals surface area contributed by atoms with Crippen molar-refractivity contribution >= 4 is 28.6 Å². The highest BCUT2D eigenvalue weighted by atomic mass is 127. The quantitative estimate of drug-likeness (QED) is 0.779. The molecule has 0 aliphatic heterocycles. The lowest BCUT2D eigenvalue weighted by Gasteiger charge is -2.09. The van der Waals surface area contributed by atoms with Gasteiger partial charge in [0.05, 0.1) is 5.56 Å². The van der Waals surface area contributed by atoms with Crippen molar-refractivity contribution in [2.75, 3.05) is 0 Å². The van der Waals surface area contributed by atoms with Gasteiger partial charge < -0.3 is 10.8 Å². The Kier molecular flexibility index (Phi) is 2.48. The number of carboxylic acids is 1. The molecule has 1 atom stereocenters. The highest BCUT2D eigenvalue weighted by Crippen LogP contribution is 2.35. The zero-order valence-corrected chi connectivity index (χ0v) is 9.61. The summed E-state index contributed by atoms with van der Waals surface area (Å²) in [5.41, 5.74) is 8.29. The number of fused-ring (bicyclic) bond motifs is 1. The predicted octanol–water partition coefficient (Wildman–Crippen LogP) is 1.94. The Hall–Kier alpha value is -0.620. The van der Waals surface area contributed by atoms with Crippen LogP contribution in [0.25, 0.3) is 0 Å². The van der Waals surface area contributed by atoms with Crippen molar-refractivity contribution in [1.29, 1.82) is 0 Å². The fraction of sp³-hybridized carbons (Fsp3) is 0.300. The SMILES string of the molecule is N[C@@H]1CCc2c(C(=O)O)ccc(I)c21. The Balaban J connectivity index is 2.64. The van der Waals surface area contributed by atoms with Gasteiger partial charge in [-0.1, -0.05) is 0 Å². The van der Waals surface area contributed by atoms with E-state index in [2.05, 4.69) is 22.6 Å². The second kappa shape index (κ2) is 3.51. The van der Waals surface area contributed by atoms with Crippen molar-refractivity contribution < 1.29 is 9.90 Å². The maximum Gasteiger partial charge on any atom is 0.335 e. The summed E-state index contributed by atoms with van der Waals surface area (Å²) in [6, 6.07) is 3.51. The Labute approximate surface area is 95.4 Å². The number of carboxylic acid groups (broad SMARTS) is 1. The molecule has 14 heavy (non-hydrogen) atoms. The summed E-state index contributed by atoms with van der Waals surface area (Å²) in [6.45, 7) is 0. The summed E-state index contributed by atoms with van der Waals surface area (Å²) < 4.78 is 1.08. The summed E-state index contributed by atoms with van der Waals surface area (Å²) in [7, 11) is 0. The van der Waals surface area contributed by atoms with Crippen LogP contribution in [-0.4, -0.2) is 11.1 Å². The van der Waals surface area contributed by atoms with Crippen LogP contribution in [-0.2, 0) is 6.42 Å². The first kappa shape index (κ1) is 9.92. The van der Waals surface area contributed by atoms with Crippen molar-refractivity contribution in [2.24, 2.45) is 5.73 Å². The zero-order chi connectivity index (χ0) is 10.3. The van der Waals surface area contributed by atoms with Gasteiger partial charge in [0.1, 0.15) is 0 Å². The van der Waals surface area contributed by atoms with Gasteiger partial charge >= 0.3 is 5.97 Å². The molecule has 0 aromatic heterocycles. The van der Waals surface area contributed by atoms with Gasteiger partial charge in [-0.15, -0.1) is 0 Å². The zero-order valence-electron chi connectivity index (χ0n) is 7.46. The molecule has 0 amide bonds. The van der Waals surface area contributed by atoms with Gasteiger partial charge in [-0.05, 0) is 58.7 Å². The maximum absolute atomic E-state index is 10.9. The second-order valence-electron chi connectivity index (χ2n) is 3.44. The Morgan fingerprint density at radius 1 is 1.57 bits per heavy atom. The van der Waals surface area contributed by atoms with Crippen LogP contribution in [0.5, 0.6) is 0 Å². The average molecular weight is 303 g/mol. The van der Waals surface area contributed by atoms with Gasteiger partial charge in [0.2, 0.25) is 0 Å². The minimum absolute atomic E-state index is 0.0104. The maximum atomic E-state index is 10.9. The van der Waals surface area contributed by atoms with Gasteiger partial charge in [-0.25, -0.2) is 4.79 Å². The number of carbonyl (C=O) groups is 1. The van der Waals surface area contributed by atoms with Crippen molar-refractivity contribution in [3.63, 3.8) is 0 Å². The van der Waals surface area contributed by atoms with Crippen LogP contribution in [0.3, 0.4) is 0 Å².